The maximum atomic E-state index is 11.4. The fraction of sp³-hybridized carbons (Fsp3) is 0.533. The molecule has 0 heterocycles. The molecule has 0 saturated heterocycles. The van der Waals surface area contributed by atoms with Crippen LogP contribution in [-0.2, 0) is 11.3 Å². The summed E-state index contributed by atoms with van der Waals surface area (Å²) in [6, 6.07) is 3.94. The molecule has 0 spiro atoms. The molecule has 0 atom stereocenters. The van der Waals surface area contributed by atoms with Gasteiger partial charge in [-0.3, -0.25) is 4.79 Å². The fourth-order valence-electron chi connectivity index (χ4n) is 1.86. The smallest absolute Gasteiger partial charge is 0.223 e. The number of halogens is 1. The van der Waals surface area contributed by atoms with E-state index in [1.54, 1.807) is 0 Å². The van der Waals surface area contributed by atoms with E-state index in [-0.39, 0.29) is 5.91 Å². The molecule has 0 radical (unpaired) electrons. The fourth-order valence-corrected chi connectivity index (χ4v) is 2.47. The Kier molecular flexibility index (Phi) is 8.15. The first-order valence-electron chi connectivity index (χ1n) is 7.11. The first-order valence-corrected chi connectivity index (χ1v) is 7.90. The summed E-state index contributed by atoms with van der Waals surface area (Å²) >= 11 is 3.50. The molecule has 0 aliphatic heterocycles. The highest BCUT2D eigenvalue weighted by Gasteiger charge is 2.12. The molecule has 0 aliphatic carbocycles. The molecule has 1 aromatic carbocycles. The zero-order valence-electron chi connectivity index (χ0n) is 12.8. The highest BCUT2D eigenvalue weighted by molar-refractivity contribution is 9.10. The van der Waals surface area contributed by atoms with Crippen molar-refractivity contribution in [2.75, 3.05) is 26.8 Å². The number of amides is 1. The van der Waals surface area contributed by atoms with Crippen molar-refractivity contribution < 1.29 is 14.3 Å². The van der Waals surface area contributed by atoms with E-state index in [1.807, 2.05) is 33.0 Å². The van der Waals surface area contributed by atoms with Crippen molar-refractivity contribution in [3.63, 3.8) is 0 Å². The maximum absolute atomic E-state index is 11.4. The Morgan fingerprint density at radius 1 is 1.29 bits per heavy atom. The highest BCUT2D eigenvalue weighted by atomic mass is 79.9. The molecule has 5 nitrogen and oxygen atoms in total. The van der Waals surface area contributed by atoms with Crippen LogP contribution in [0.1, 0.15) is 25.8 Å². The molecule has 0 unspecified atom stereocenters. The first kappa shape index (κ1) is 17.8. The lowest BCUT2D eigenvalue weighted by Crippen LogP contribution is -2.24. The van der Waals surface area contributed by atoms with Crippen LogP contribution >= 0.6 is 15.9 Å². The van der Waals surface area contributed by atoms with Gasteiger partial charge in [0.1, 0.15) is 0 Å². The van der Waals surface area contributed by atoms with Gasteiger partial charge in [0.05, 0.1) is 24.1 Å². The van der Waals surface area contributed by atoms with Gasteiger partial charge in [0.2, 0.25) is 5.91 Å². The Balaban J connectivity index is 2.77. The van der Waals surface area contributed by atoms with Gasteiger partial charge in [0.15, 0.2) is 11.5 Å². The topological polar surface area (TPSA) is 59.6 Å². The molecule has 0 bridgehead atoms. The van der Waals surface area contributed by atoms with Crippen molar-refractivity contribution in [3.8, 4) is 11.5 Å². The van der Waals surface area contributed by atoms with Crippen LogP contribution in [0.2, 0.25) is 0 Å². The van der Waals surface area contributed by atoms with Gasteiger partial charge < -0.3 is 20.1 Å². The van der Waals surface area contributed by atoms with E-state index in [9.17, 15) is 4.79 Å². The summed E-state index contributed by atoms with van der Waals surface area (Å²) < 4.78 is 12.2. The lowest BCUT2D eigenvalue weighted by atomic mass is 10.2. The van der Waals surface area contributed by atoms with Crippen molar-refractivity contribution in [1.29, 1.82) is 0 Å². The van der Waals surface area contributed by atoms with E-state index in [0.717, 1.165) is 16.6 Å². The number of hydrogen-bond donors (Lipinski definition) is 2. The second-order valence-corrected chi connectivity index (χ2v) is 5.27. The van der Waals surface area contributed by atoms with Crippen LogP contribution in [0.15, 0.2) is 16.6 Å². The van der Waals surface area contributed by atoms with Crippen LogP contribution in [-0.4, -0.2) is 32.7 Å². The Labute approximate surface area is 134 Å². The zero-order valence-corrected chi connectivity index (χ0v) is 14.4. The minimum atomic E-state index is -0.0154. The average molecular weight is 359 g/mol. The Hall–Kier alpha value is -1.27. The van der Waals surface area contributed by atoms with Gasteiger partial charge in [-0.1, -0.05) is 0 Å². The molecule has 0 aromatic heterocycles. The third-order valence-electron chi connectivity index (χ3n) is 2.70. The molecule has 6 heteroatoms. The third kappa shape index (κ3) is 5.93. The standard InChI is InChI=1S/C15H23BrN2O3/c1-4-18-14(19)6-7-21-15-12(16)8-11(10-17-3)9-13(15)20-5-2/h8-9,17H,4-7,10H2,1-3H3,(H,18,19). The summed E-state index contributed by atoms with van der Waals surface area (Å²) in [6.45, 7) is 6.07. The summed E-state index contributed by atoms with van der Waals surface area (Å²) in [5.41, 5.74) is 1.10. The van der Waals surface area contributed by atoms with Crippen LogP contribution < -0.4 is 20.1 Å². The van der Waals surface area contributed by atoms with Crippen molar-refractivity contribution in [2.24, 2.45) is 0 Å². The largest absolute Gasteiger partial charge is 0.490 e. The van der Waals surface area contributed by atoms with Gasteiger partial charge in [-0.15, -0.1) is 0 Å². The van der Waals surface area contributed by atoms with Crippen LogP contribution in [0.3, 0.4) is 0 Å². The molecule has 1 aromatic rings. The zero-order chi connectivity index (χ0) is 15.7. The lowest BCUT2D eigenvalue weighted by Gasteiger charge is -2.15. The minimum absolute atomic E-state index is 0.0154. The third-order valence-corrected chi connectivity index (χ3v) is 3.29. The first-order chi connectivity index (χ1) is 10.1. The van der Waals surface area contributed by atoms with Crippen molar-refractivity contribution >= 4 is 21.8 Å². The molecule has 1 rings (SSSR count). The molecular formula is C15H23BrN2O3. The lowest BCUT2D eigenvalue weighted by molar-refractivity contribution is -0.121. The van der Waals surface area contributed by atoms with Gasteiger partial charge in [-0.25, -0.2) is 0 Å². The van der Waals surface area contributed by atoms with Crippen LogP contribution in [0.25, 0.3) is 0 Å². The number of rotatable bonds is 9. The van der Waals surface area contributed by atoms with Crippen molar-refractivity contribution in [3.05, 3.63) is 22.2 Å². The van der Waals surface area contributed by atoms with E-state index >= 15 is 0 Å². The molecule has 118 valence electrons. The number of hydrogen-bond acceptors (Lipinski definition) is 4. The molecule has 2 N–H and O–H groups in total. The Bertz CT molecular complexity index is 466. The second kappa shape index (κ2) is 9.63. The van der Waals surface area contributed by atoms with E-state index < -0.39 is 0 Å². The molecule has 0 saturated carbocycles. The number of carbonyl (C=O) groups excluding carboxylic acids is 1. The van der Waals surface area contributed by atoms with Crippen molar-refractivity contribution in [1.82, 2.24) is 10.6 Å². The molecule has 1 amide bonds. The number of benzene rings is 1. The van der Waals surface area contributed by atoms with Gasteiger partial charge in [-0.2, -0.15) is 0 Å². The Morgan fingerprint density at radius 3 is 2.67 bits per heavy atom. The maximum Gasteiger partial charge on any atom is 0.223 e. The van der Waals surface area contributed by atoms with E-state index in [4.69, 9.17) is 9.47 Å². The molecule has 0 aliphatic rings. The van der Waals surface area contributed by atoms with Gasteiger partial charge in [0.25, 0.3) is 0 Å². The summed E-state index contributed by atoms with van der Waals surface area (Å²) in [5.74, 6) is 1.31. The van der Waals surface area contributed by atoms with Crippen LogP contribution in [0.5, 0.6) is 11.5 Å². The number of carbonyl (C=O) groups is 1. The Morgan fingerprint density at radius 2 is 2.05 bits per heavy atom. The van der Waals surface area contributed by atoms with Crippen LogP contribution in [0.4, 0.5) is 0 Å². The van der Waals surface area contributed by atoms with Gasteiger partial charge in [0, 0.05) is 13.1 Å². The predicted molar refractivity (Wildman–Crippen MR) is 86.9 cm³/mol. The minimum Gasteiger partial charge on any atom is -0.490 e. The highest BCUT2D eigenvalue weighted by Crippen LogP contribution is 2.37. The van der Waals surface area contributed by atoms with Gasteiger partial charge >= 0.3 is 0 Å². The monoisotopic (exact) mass is 358 g/mol. The van der Waals surface area contributed by atoms with Gasteiger partial charge in [-0.05, 0) is 54.5 Å². The van der Waals surface area contributed by atoms with E-state index in [1.165, 1.54) is 0 Å². The molecule has 0 fully saturated rings. The molecular weight excluding hydrogens is 336 g/mol. The van der Waals surface area contributed by atoms with Crippen LogP contribution in [0, 0.1) is 0 Å². The number of ether oxygens (including phenoxy) is 2. The predicted octanol–water partition coefficient (Wildman–Crippen LogP) is 2.47. The SMILES string of the molecule is CCNC(=O)CCOc1c(Br)cc(CNC)cc1OCC. The molecule has 21 heavy (non-hydrogen) atoms. The summed E-state index contributed by atoms with van der Waals surface area (Å²) in [6.07, 6.45) is 0.324. The normalized spacial score (nSPS) is 10.3. The number of nitrogens with one attached hydrogen (secondary N) is 2. The van der Waals surface area contributed by atoms with E-state index in [0.29, 0.717) is 37.7 Å². The summed E-state index contributed by atoms with van der Waals surface area (Å²) in [7, 11) is 1.89. The summed E-state index contributed by atoms with van der Waals surface area (Å²) in [5, 5.41) is 5.84. The summed E-state index contributed by atoms with van der Waals surface area (Å²) in [4.78, 5) is 11.4. The quantitative estimate of drug-likeness (QED) is 0.711. The van der Waals surface area contributed by atoms with Crippen molar-refractivity contribution in [2.45, 2.75) is 26.8 Å². The second-order valence-electron chi connectivity index (χ2n) is 4.42. The van der Waals surface area contributed by atoms with E-state index in [2.05, 4.69) is 26.6 Å². The average Bonchev–Trinajstić information content (AvgIpc) is 2.43.